The van der Waals surface area contributed by atoms with Gasteiger partial charge in [0.2, 0.25) is 15.9 Å². The molecule has 0 aliphatic rings. The van der Waals surface area contributed by atoms with Gasteiger partial charge >= 0.3 is 0 Å². The number of rotatable bonds is 9. The van der Waals surface area contributed by atoms with Crippen LogP contribution in [0.3, 0.4) is 0 Å². The first kappa shape index (κ1) is 24.7. The molecule has 0 aliphatic carbocycles. The molecule has 0 aliphatic heterocycles. The zero-order valence-electron chi connectivity index (χ0n) is 18.0. The third-order valence-corrected chi connectivity index (χ3v) is 6.22. The second-order valence-corrected chi connectivity index (χ2v) is 9.19. The summed E-state index contributed by atoms with van der Waals surface area (Å²) in [5.41, 5.74) is 0.767. The van der Waals surface area contributed by atoms with Gasteiger partial charge in [0.1, 0.15) is 23.4 Å². The van der Waals surface area contributed by atoms with Gasteiger partial charge in [-0.2, -0.15) is 0 Å². The Kier molecular flexibility index (Phi) is 8.14. The first-order valence-electron chi connectivity index (χ1n) is 9.50. The molecule has 7 nitrogen and oxygen atoms in total. The lowest BCUT2D eigenvalue weighted by molar-refractivity contribution is -0.122. The maximum atomic E-state index is 13.6. The summed E-state index contributed by atoms with van der Waals surface area (Å²) in [5.74, 6) is -0.0737. The smallest absolute Gasteiger partial charge is 0.244 e. The molecule has 0 unspecified atom stereocenters. The van der Waals surface area contributed by atoms with Crippen molar-refractivity contribution < 1.29 is 27.1 Å². The lowest BCUT2D eigenvalue weighted by Crippen LogP contribution is -2.49. The van der Waals surface area contributed by atoms with E-state index in [0.29, 0.717) is 17.1 Å². The van der Waals surface area contributed by atoms with Crippen molar-refractivity contribution in [2.24, 2.45) is 0 Å². The van der Waals surface area contributed by atoms with Gasteiger partial charge in [-0.3, -0.25) is 9.10 Å². The monoisotopic (exact) mass is 472 g/mol. The molecule has 10 heteroatoms. The van der Waals surface area contributed by atoms with Crippen LogP contribution in [0.25, 0.3) is 0 Å². The molecule has 2 aromatic carbocycles. The van der Waals surface area contributed by atoms with Crippen LogP contribution in [0.5, 0.6) is 11.5 Å². The Morgan fingerprint density at radius 3 is 2.39 bits per heavy atom. The fraction of sp³-hybridized carbons (Fsp3) is 0.381. The minimum Gasteiger partial charge on any atom is -0.497 e. The second-order valence-electron chi connectivity index (χ2n) is 6.92. The first-order valence-corrected chi connectivity index (χ1v) is 11.7. The van der Waals surface area contributed by atoms with Crippen molar-refractivity contribution in [3.8, 4) is 11.5 Å². The number of nitrogens with zero attached hydrogens (tertiary/aromatic N) is 1. The summed E-state index contributed by atoms with van der Waals surface area (Å²) in [4.78, 5) is 13.1. The molecule has 2 rings (SSSR count). The highest BCUT2D eigenvalue weighted by Gasteiger charge is 2.33. The largest absolute Gasteiger partial charge is 0.497 e. The van der Waals surface area contributed by atoms with Gasteiger partial charge in [-0.25, -0.2) is 12.8 Å². The fourth-order valence-corrected chi connectivity index (χ4v) is 4.63. The number of benzene rings is 2. The number of carbonyl (C=O) groups is 1. The lowest BCUT2D eigenvalue weighted by Gasteiger charge is -2.31. The average Bonchev–Trinajstić information content (AvgIpc) is 2.72. The summed E-state index contributed by atoms with van der Waals surface area (Å²) in [7, 11) is -0.841. The number of hydrogen-bond donors (Lipinski definition) is 1. The fourth-order valence-electron chi connectivity index (χ4n) is 3.25. The number of ether oxygens (including phenoxy) is 2. The number of amides is 1. The van der Waals surface area contributed by atoms with E-state index >= 15 is 0 Å². The Morgan fingerprint density at radius 1 is 1.19 bits per heavy atom. The molecule has 1 N–H and O–H groups in total. The molecule has 0 radical (unpaired) electrons. The molecule has 0 spiro atoms. The van der Waals surface area contributed by atoms with E-state index in [0.717, 1.165) is 16.6 Å². The number of methoxy groups -OCH3 is 2. The van der Waals surface area contributed by atoms with E-state index in [9.17, 15) is 17.6 Å². The molecule has 2 atom stereocenters. The molecule has 0 aromatic heterocycles. The zero-order valence-corrected chi connectivity index (χ0v) is 19.6. The maximum Gasteiger partial charge on any atom is 0.244 e. The molecule has 170 valence electrons. The quantitative estimate of drug-likeness (QED) is 0.598. The van der Waals surface area contributed by atoms with Crippen LogP contribution in [0, 0.1) is 5.82 Å². The Hall–Kier alpha value is -2.52. The number of halogens is 2. The van der Waals surface area contributed by atoms with Gasteiger partial charge < -0.3 is 14.8 Å². The zero-order chi connectivity index (χ0) is 23.3. The van der Waals surface area contributed by atoms with Crippen molar-refractivity contribution in [2.75, 3.05) is 24.8 Å². The molecule has 1 amide bonds. The minimum atomic E-state index is -3.88. The van der Waals surface area contributed by atoms with Crippen LogP contribution in [0.2, 0.25) is 5.02 Å². The molecule has 31 heavy (non-hydrogen) atoms. The Balaban J connectivity index is 2.39. The number of nitrogens with one attached hydrogen (secondary N) is 1. The van der Waals surface area contributed by atoms with Crippen LogP contribution in [0.4, 0.5) is 10.1 Å². The molecule has 0 fully saturated rings. The highest BCUT2D eigenvalue weighted by Crippen LogP contribution is 2.31. The topological polar surface area (TPSA) is 84.9 Å². The van der Waals surface area contributed by atoms with Crippen molar-refractivity contribution >= 4 is 33.2 Å². The van der Waals surface area contributed by atoms with E-state index in [4.69, 9.17) is 21.1 Å². The van der Waals surface area contributed by atoms with Gasteiger partial charge in [0.15, 0.2) is 0 Å². The second kappa shape index (κ2) is 10.2. The standard InChI is InChI=1S/C21H26ClFN2O5S/c1-6-19(25(31(5,27)28)14-7-9-18(23)17(22)11-14)21(26)24-13(2)16-12-15(29-3)8-10-20(16)30-4/h7-13,19H,6H2,1-5H3,(H,24,26)/t13-,19+/m0/s1. The third kappa shape index (κ3) is 5.80. The molecule has 2 aromatic rings. The molecule has 0 heterocycles. The van der Waals surface area contributed by atoms with Crippen LogP contribution >= 0.6 is 11.6 Å². The van der Waals surface area contributed by atoms with Gasteiger partial charge in [0.25, 0.3) is 0 Å². The maximum absolute atomic E-state index is 13.6. The Labute approximate surface area is 187 Å². The van der Waals surface area contributed by atoms with E-state index < -0.39 is 33.8 Å². The van der Waals surface area contributed by atoms with Crippen LogP contribution in [0.15, 0.2) is 36.4 Å². The van der Waals surface area contributed by atoms with Crippen LogP contribution in [0.1, 0.15) is 31.9 Å². The lowest BCUT2D eigenvalue weighted by atomic mass is 10.1. The Bertz CT molecular complexity index is 1050. The molecular weight excluding hydrogens is 447 g/mol. The van der Waals surface area contributed by atoms with E-state index in [2.05, 4.69) is 5.32 Å². The summed E-state index contributed by atoms with van der Waals surface area (Å²) < 4.78 is 50.2. The van der Waals surface area contributed by atoms with E-state index in [-0.39, 0.29) is 17.1 Å². The van der Waals surface area contributed by atoms with Gasteiger partial charge in [0, 0.05) is 5.56 Å². The average molecular weight is 473 g/mol. The van der Waals surface area contributed by atoms with E-state index in [1.165, 1.54) is 26.4 Å². The van der Waals surface area contributed by atoms with Crippen molar-refractivity contribution in [2.45, 2.75) is 32.4 Å². The van der Waals surface area contributed by atoms with Crippen LogP contribution in [-0.4, -0.2) is 40.8 Å². The third-order valence-electron chi connectivity index (χ3n) is 4.75. The molecule has 0 saturated carbocycles. The van der Waals surface area contributed by atoms with Gasteiger partial charge in [-0.05, 0) is 49.7 Å². The van der Waals surface area contributed by atoms with E-state index in [1.807, 2.05) is 0 Å². The number of sulfonamides is 1. The number of hydrogen-bond acceptors (Lipinski definition) is 5. The van der Waals surface area contributed by atoms with Gasteiger partial charge in [0.05, 0.1) is 37.2 Å². The molecular formula is C21H26ClFN2O5S. The SMILES string of the molecule is CC[C@H](C(=O)N[C@@H](C)c1cc(OC)ccc1OC)N(c1ccc(F)c(Cl)c1)S(C)(=O)=O. The normalized spacial score (nSPS) is 13.3. The molecule has 0 bridgehead atoms. The summed E-state index contributed by atoms with van der Waals surface area (Å²) >= 11 is 5.84. The molecule has 0 saturated heterocycles. The highest BCUT2D eigenvalue weighted by molar-refractivity contribution is 7.92. The van der Waals surface area contributed by atoms with Gasteiger partial charge in [-0.1, -0.05) is 18.5 Å². The van der Waals surface area contributed by atoms with Crippen molar-refractivity contribution in [1.29, 1.82) is 0 Å². The predicted octanol–water partition coefficient (Wildman–Crippen LogP) is 3.92. The Morgan fingerprint density at radius 2 is 1.87 bits per heavy atom. The van der Waals surface area contributed by atoms with Crippen molar-refractivity contribution in [3.63, 3.8) is 0 Å². The highest BCUT2D eigenvalue weighted by atomic mass is 35.5. The first-order chi connectivity index (χ1) is 14.5. The van der Waals surface area contributed by atoms with Crippen molar-refractivity contribution in [1.82, 2.24) is 5.32 Å². The van der Waals surface area contributed by atoms with Crippen LogP contribution < -0.4 is 19.1 Å². The summed E-state index contributed by atoms with van der Waals surface area (Å²) in [6, 6.07) is 7.12. The predicted molar refractivity (Wildman–Crippen MR) is 119 cm³/mol. The van der Waals surface area contributed by atoms with Crippen molar-refractivity contribution in [3.05, 3.63) is 52.8 Å². The minimum absolute atomic E-state index is 0.0995. The number of anilines is 1. The van der Waals surface area contributed by atoms with Gasteiger partial charge in [-0.15, -0.1) is 0 Å². The summed E-state index contributed by atoms with van der Waals surface area (Å²) in [6.45, 7) is 3.44. The van der Waals surface area contributed by atoms with Crippen LogP contribution in [-0.2, 0) is 14.8 Å². The summed E-state index contributed by atoms with van der Waals surface area (Å²) in [5, 5.41) is 2.59. The number of carbonyl (C=O) groups excluding carboxylic acids is 1. The summed E-state index contributed by atoms with van der Waals surface area (Å²) in [6.07, 6.45) is 1.16. The van der Waals surface area contributed by atoms with E-state index in [1.54, 1.807) is 32.0 Å².